The summed E-state index contributed by atoms with van der Waals surface area (Å²) in [6.45, 7) is 1.77. The predicted octanol–water partition coefficient (Wildman–Crippen LogP) is 4.60. The minimum Gasteiger partial charge on any atom is -0.368 e. The molecule has 0 bridgehead atoms. The number of hydrogen-bond donors (Lipinski definition) is 1. The molecule has 1 saturated carbocycles. The summed E-state index contributed by atoms with van der Waals surface area (Å²) in [5.74, 6) is -0.456. The van der Waals surface area contributed by atoms with Gasteiger partial charge in [0.25, 0.3) is 0 Å². The molecule has 1 aliphatic rings. The maximum Gasteiger partial charge on any atom is 0.434 e. The number of hydrogen-bond acceptors (Lipinski definition) is 7. The van der Waals surface area contributed by atoms with Crippen molar-refractivity contribution in [3.05, 3.63) is 46.9 Å². The number of nitrogens with zero attached hydrogens (tertiary/aromatic N) is 3. The van der Waals surface area contributed by atoms with Crippen molar-refractivity contribution in [1.29, 1.82) is 0 Å². The Bertz CT molecular complexity index is 1270. The summed E-state index contributed by atoms with van der Waals surface area (Å²) in [6, 6.07) is 5.03. The van der Waals surface area contributed by atoms with Crippen LogP contribution in [0.5, 0.6) is 0 Å². The van der Waals surface area contributed by atoms with Crippen LogP contribution in [0.2, 0.25) is 0 Å². The molecule has 0 atom stereocenters. The molecular weight excluding hydrogens is 449 g/mol. The zero-order chi connectivity index (χ0) is 22.6. The molecule has 31 heavy (non-hydrogen) atoms. The van der Waals surface area contributed by atoms with Gasteiger partial charge in [0.05, 0.1) is 4.88 Å². The predicted molar refractivity (Wildman–Crippen MR) is 113 cm³/mol. The van der Waals surface area contributed by atoms with E-state index < -0.39 is 32.4 Å². The molecule has 2 N–H and O–H groups in total. The van der Waals surface area contributed by atoms with E-state index in [2.05, 4.69) is 15.0 Å². The van der Waals surface area contributed by atoms with Gasteiger partial charge in [-0.05, 0) is 48.9 Å². The molecule has 4 rings (SSSR count). The van der Waals surface area contributed by atoms with Gasteiger partial charge in [0, 0.05) is 24.2 Å². The maximum atomic E-state index is 13.5. The van der Waals surface area contributed by atoms with Crippen LogP contribution in [0.3, 0.4) is 0 Å². The van der Waals surface area contributed by atoms with Gasteiger partial charge in [0.15, 0.2) is 15.5 Å². The summed E-state index contributed by atoms with van der Waals surface area (Å²) in [6.07, 6.45) is 1.03. The van der Waals surface area contributed by atoms with Crippen LogP contribution in [0.25, 0.3) is 21.6 Å². The molecule has 0 saturated heterocycles. The largest absolute Gasteiger partial charge is 0.434 e. The number of nitrogens with two attached hydrogens (primary N) is 1. The second kappa shape index (κ2) is 7.27. The van der Waals surface area contributed by atoms with Crippen molar-refractivity contribution in [2.24, 2.45) is 0 Å². The Labute approximate surface area is 181 Å². The first kappa shape index (κ1) is 21.7. The first-order chi connectivity index (χ1) is 14.4. The third-order valence-electron chi connectivity index (χ3n) is 5.52. The number of aromatic nitrogens is 3. The van der Waals surface area contributed by atoms with E-state index in [0.29, 0.717) is 33.9 Å². The average Bonchev–Trinajstić information content (AvgIpc) is 3.08. The zero-order valence-corrected chi connectivity index (χ0v) is 18.3. The summed E-state index contributed by atoms with van der Waals surface area (Å²) < 4.78 is 64.3. The average molecular weight is 469 g/mol. The number of sulfone groups is 1. The van der Waals surface area contributed by atoms with Gasteiger partial charge in [-0.15, -0.1) is 11.3 Å². The normalized spacial score (nSPS) is 16.2. The first-order valence-electron chi connectivity index (χ1n) is 9.39. The number of alkyl halides is 3. The van der Waals surface area contributed by atoms with Gasteiger partial charge < -0.3 is 5.73 Å². The van der Waals surface area contributed by atoms with Crippen LogP contribution in [0, 0.1) is 6.92 Å². The van der Waals surface area contributed by atoms with E-state index in [1.165, 1.54) is 17.6 Å². The van der Waals surface area contributed by atoms with Gasteiger partial charge >= 0.3 is 6.18 Å². The quantitative estimate of drug-likeness (QED) is 0.601. The highest BCUT2D eigenvalue weighted by Crippen LogP contribution is 2.50. The third kappa shape index (κ3) is 3.80. The Morgan fingerprint density at radius 3 is 2.35 bits per heavy atom. The Hall–Kier alpha value is -2.53. The van der Waals surface area contributed by atoms with E-state index in [1.807, 2.05) is 6.07 Å². The van der Waals surface area contributed by atoms with Crippen LogP contribution in [0.1, 0.15) is 35.5 Å². The molecule has 164 valence electrons. The van der Waals surface area contributed by atoms with Gasteiger partial charge in [-0.2, -0.15) is 13.2 Å². The molecule has 1 aromatic carbocycles. The van der Waals surface area contributed by atoms with Crippen LogP contribution >= 0.6 is 11.3 Å². The van der Waals surface area contributed by atoms with Crippen LogP contribution < -0.4 is 5.73 Å². The molecule has 3 aromatic rings. The van der Waals surface area contributed by atoms with E-state index in [0.717, 1.165) is 18.2 Å². The molecule has 2 heterocycles. The van der Waals surface area contributed by atoms with Crippen molar-refractivity contribution in [2.45, 2.75) is 37.1 Å². The molecule has 11 heteroatoms. The molecule has 0 spiro atoms. The summed E-state index contributed by atoms with van der Waals surface area (Å²) in [5, 5.41) is 0.520. The lowest BCUT2D eigenvalue weighted by molar-refractivity contribution is -0.140. The molecule has 6 nitrogen and oxygen atoms in total. The summed E-state index contributed by atoms with van der Waals surface area (Å²) in [4.78, 5) is 12.2. The van der Waals surface area contributed by atoms with Crippen molar-refractivity contribution < 1.29 is 21.6 Å². The lowest BCUT2D eigenvalue weighted by Crippen LogP contribution is -2.41. The van der Waals surface area contributed by atoms with Crippen molar-refractivity contribution in [3.8, 4) is 21.6 Å². The number of anilines is 1. The number of rotatable bonds is 4. The maximum absolute atomic E-state index is 13.5. The van der Waals surface area contributed by atoms with Gasteiger partial charge in [0.1, 0.15) is 9.75 Å². The van der Waals surface area contributed by atoms with Crippen LogP contribution in [-0.4, -0.2) is 29.6 Å². The zero-order valence-electron chi connectivity index (χ0n) is 16.7. The van der Waals surface area contributed by atoms with E-state index in [9.17, 15) is 21.6 Å². The number of halogens is 3. The fourth-order valence-corrected chi connectivity index (χ4v) is 6.79. The number of thiazole rings is 1. The van der Waals surface area contributed by atoms with Crippen molar-refractivity contribution in [2.75, 3.05) is 12.0 Å². The third-order valence-corrected chi connectivity index (χ3v) is 8.92. The first-order valence-corrected chi connectivity index (χ1v) is 12.1. The van der Waals surface area contributed by atoms with Crippen molar-refractivity contribution in [3.63, 3.8) is 0 Å². The minimum absolute atomic E-state index is 0.178. The van der Waals surface area contributed by atoms with E-state index in [-0.39, 0.29) is 5.56 Å². The molecule has 0 radical (unpaired) electrons. The summed E-state index contributed by atoms with van der Waals surface area (Å²) in [7, 11) is -3.34. The number of benzene rings is 1. The molecule has 1 fully saturated rings. The molecule has 2 aromatic heterocycles. The Kier molecular flexibility index (Phi) is 5.08. The molecular formula is C20H19F3N4O2S2. The lowest BCUT2D eigenvalue weighted by Gasteiger charge is -2.37. The molecule has 0 aliphatic heterocycles. The second-order valence-corrected chi connectivity index (χ2v) is 11.1. The van der Waals surface area contributed by atoms with Crippen LogP contribution in [0.4, 0.5) is 19.1 Å². The van der Waals surface area contributed by atoms with E-state index >= 15 is 0 Å². The fraction of sp³-hybridized carbons (Fsp3) is 0.350. The van der Waals surface area contributed by atoms with Crippen LogP contribution in [0.15, 0.2) is 30.6 Å². The van der Waals surface area contributed by atoms with E-state index in [4.69, 9.17) is 5.73 Å². The van der Waals surface area contributed by atoms with Gasteiger partial charge in [-0.1, -0.05) is 12.1 Å². The topological polar surface area (TPSA) is 98.8 Å². The Balaban J connectivity index is 1.81. The monoisotopic (exact) mass is 468 g/mol. The SMILES string of the molecule is Cc1cc(-c2cnc(C3(S(C)(=O)=O)CCC3)s2)cc(-c2cnc(N)nc2C(F)(F)F)c1. The highest BCUT2D eigenvalue weighted by atomic mass is 32.2. The van der Waals surface area contributed by atoms with Crippen molar-refractivity contribution in [1.82, 2.24) is 15.0 Å². The van der Waals surface area contributed by atoms with Crippen molar-refractivity contribution >= 4 is 27.1 Å². The van der Waals surface area contributed by atoms with Crippen LogP contribution in [-0.2, 0) is 20.8 Å². The number of nitrogen functional groups attached to an aromatic ring is 1. The standard InChI is InChI=1S/C20H19F3N4O2S2/c1-11-6-12(14-9-26-18(24)27-16(14)20(21,22)23)8-13(7-11)15-10-25-17(30-15)19(4-3-5-19)31(2,28)29/h6-10H,3-5H2,1-2H3,(H2,24,26,27). The highest BCUT2D eigenvalue weighted by Gasteiger charge is 2.50. The van der Waals surface area contributed by atoms with Gasteiger partial charge in [-0.3, -0.25) is 0 Å². The number of aryl methyl sites for hydroxylation is 1. The summed E-state index contributed by atoms with van der Waals surface area (Å²) >= 11 is 1.26. The molecule has 0 amide bonds. The lowest BCUT2D eigenvalue weighted by atomic mass is 9.85. The fourth-order valence-electron chi connectivity index (χ4n) is 3.76. The minimum atomic E-state index is -4.69. The Morgan fingerprint density at radius 1 is 1.10 bits per heavy atom. The van der Waals surface area contributed by atoms with Gasteiger partial charge in [0.2, 0.25) is 5.95 Å². The second-order valence-electron chi connectivity index (χ2n) is 7.73. The summed E-state index contributed by atoms with van der Waals surface area (Å²) in [5.41, 5.74) is 5.76. The molecule has 1 aliphatic carbocycles. The Morgan fingerprint density at radius 2 is 1.77 bits per heavy atom. The van der Waals surface area contributed by atoms with E-state index in [1.54, 1.807) is 25.3 Å². The van der Waals surface area contributed by atoms with Gasteiger partial charge in [-0.25, -0.2) is 23.4 Å². The molecule has 0 unspecified atom stereocenters. The highest BCUT2D eigenvalue weighted by molar-refractivity contribution is 7.91. The smallest absolute Gasteiger partial charge is 0.368 e.